The van der Waals surface area contributed by atoms with Gasteiger partial charge in [0, 0.05) is 0 Å². The molecule has 1 fully saturated rings. The number of hydrogen-bond acceptors (Lipinski definition) is 3. The molecule has 0 bridgehead atoms. The second-order valence-corrected chi connectivity index (χ2v) is 3.43. The molecule has 0 amide bonds. The average molecular weight is 184 g/mol. The van der Waals surface area contributed by atoms with E-state index < -0.39 is 5.97 Å². The Morgan fingerprint density at radius 2 is 2.38 bits per heavy atom. The molecule has 0 aliphatic carbocycles. The molecule has 0 aromatic heterocycles. The van der Waals surface area contributed by atoms with E-state index in [4.69, 9.17) is 10.1 Å². The lowest BCUT2D eigenvalue weighted by molar-refractivity contribution is -0.140. The number of hydrogen-bond donors (Lipinski definition) is 3. The predicted octanol–water partition coefficient (Wildman–Crippen LogP) is -0.141. The number of carbonyl (C=O) groups is 1. The number of carboxylic acid groups (broad SMARTS) is 1. The molecule has 1 aliphatic rings. The summed E-state index contributed by atoms with van der Waals surface area (Å²) in [6.45, 7) is 0.796. The van der Waals surface area contributed by atoms with Crippen LogP contribution in [0.2, 0.25) is 6.32 Å². The second-order valence-electron chi connectivity index (χ2n) is 3.43. The van der Waals surface area contributed by atoms with Gasteiger partial charge in [0.05, 0.1) is 0 Å². The van der Waals surface area contributed by atoms with Gasteiger partial charge in [-0.15, -0.1) is 0 Å². The van der Waals surface area contributed by atoms with Crippen LogP contribution in [0, 0.1) is 5.92 Å². The summed E-state index contributed by atoms with van der Waals surface area (Å²) in [5, 5.41) is 20.2. The van der Waals surface area contributed by atoms with Gasteiger partial charge in [0.1, 0.15) is 6.04 Å². The molecule has 1 aliphatic heterocycles. The summed E-state index contributed by atoms with van der Waals surface area (Å²) in [6, 6.07) is -0.376. The molecule has 1 radical (unpaired) electrons. The van der Waals surface area contributed by atoms with Crippen LogP contribution in [-0.2, 0) is 4.79 Å². The second kappa shape index (κ2) is 5.24. The topological polar surface area (TPSA) is 69.6 Å². The maximum Gasteiger partial charge on any atom is 0.320 e. The summed E-state index contributed by atoms with van der Waals surface area (Å²) < 4.78 is 0. The van der Waals surface area contributed by atoms with Crippen LogP contribution < -0.4 is 5.32 Å². The van der Waals surface area contributed by atoms with Gasteiger partial charge in [0.15, 0.2) is 0 Å². The molecule has 1 heterocycles. The highest BCUT2D eigenvalue weighted by atomic mass is 16.4. The SMILES string of the molecule is O=C(O)[C@H]1NCCC1CCC[B]O. The van der Waals surface area contributed by atoms with E-state index in [0.29, 0.717) is 6.32 Å². The Kier molecular flexibility index (Phi) is 4.25. The highest BCUT2D eigenvalue weighted by molar-refractivity contribution is 6.25. The number of carboxylic acids is 1. The zero-order valence-electron chi connectivity index (χ0n) is 7.57. The van der Waals surface area contributed by atoms with Crippen molar-refractivity contribution in [2.75, 3.05) is 6.54 Å². The van der Waals surface area contributed by atoms with Crippen molar-refractivity contribution in [2.45, 2.75) is 31.6 Å². The minimum absolute atomic E-state index is 0.234. The maximum absolute atomic E-state index is 10.7. The lowest BCUT2D eigenvalue weighted by atomic mass is 9.87. The fraction of sp³-hybridized carbons (Fsp3) is 0.875. The third-order valence-corrected chi connectivity index (χ3v) is 2.52. The fourth-order valence-corrected chi connectivity index (χ4v) is 1.83. The van der Waals surface area contributed by atoms with Crippen molar-refractivity contribution in [1.82, 2.24) is 5.32 Å². The first kappa shape index (κ1) is 10.5. The molecule has 0 aromatic carbocycles. The number of nitrogens with one attached hydrogen (secondary N) is 1. The Balaban J connectivity index is 2.27. The van der Waals surface area contributed by atoms with Gasteiger partial charge in [-0.1, -0.05) is 12.7 Å². The molecule has 0 spiro atoms. The molecule has 73 valence electrons. The molecule has 1 saturated heterocycles. The van der Waals surface area contributed by atoms with Gasteiger partial charge in [-0.25, -0.2) is 0 Å². The van der Waals surface area contributed by atoms with Crippen LogP contribution in [0.4, 0.5) is 0 Å². The van der Waals surface area contributed by atoms with E-state index in [1.165, 1.54) is 0 Å². The van der Waals surface area contributed by atoms with Crippen LogP contribution >= 0.6 is 0 Å². The van der Waals surface area contributed by atoms with Crippen LogP contribution in [0.25, 0.3) is 0 Å². The van der Waals surface area contributed by atoms with Crippen molar-refractivity contribution in [1.29, 1.82) is 0 Å². The Bertz CT molecular complexity index is 177. The summed E-state index contributed by atoms with van der Waals surface area (Å²) in [5.74, 6) is -0.520. The van der Waals surface area contributed by atoms with E-state index >= 15 is 0 Å². The Labute approximate surface area is 78.6 Å². The van der Waals surface area contributed by atoms with Gasteiger partial charge in [-0.3, -0.25) is 4.79 Å². The average Bonchev–Trinajstić information content (AvgIpc) is 2.53. The van der Waals surface area contributed by atoms with Gasteiger partial charge >= 0.3 is 5.97 Å². The molecule has 13 heavy (non-hydrogen) atoms. The molecular formula is C8H15BNO3. The standard InChI is InChI=1S/C8H15BNO3/c11-8(12)7-6(3-5-10-7)2-1-4-9-13/h6-7,10,13H,1-5H2,(H,11,12)/t6?,7-/m0/s1. The molecule has 4 nitrogen and oxygen atoms in total. The third kappa shape index (κ3) is 3.01. The highest BCUT2D eigenvalue weighted by Gasteiger charge is 2.31. The van der Waals surface area contributed by atoms with Gasteiger partial charge in [0.2, 0.25) is 0 Å². The normalized spacial score (nSPS) is 27.5. The van der Waals surface area contributed by atoms with Crippen LogP contribution in [0.1, 0.15) is 19.3 Å². The molecule has 3 N–H and O–H groups in total. The summed E-state index contributed by atoms with van der Waals surface area (Å²) in [6.07, 6.45) is 3.33. The van der Waals surface area contributed by atoms with Gasteiger partial charge in [-0.05, 0) is 25.3 Å². The summed E-state index contributed by atoms with van der Waals surface area (Å²) in [7, 11) is 1.14. The van der Waals surface area contributed by atoms with Crippen molar-refractivity contribution < 1.29 is 14.9 Å². The van der Waals surface area contributed by atoms with Crippen molar-refractivity contribution in [3.05, 3.63) is 0 Å². The summed E-state index contributed by atoms with van der Waals surface area (Å²) in [4.78, 5) is 10.7. The zero-order valence-corrected chi connectivity index (χ0v) is 7.57. The number of rotatable bonds is 5. The summed E-state index contributed by atoms with van der Waals surface area (Å²) in [5.41, 5.74) is 0. The smallest absolute Gasteiger partial charge is 0.320 e. The van der Waals surface area contributed by atoms with Crippen LogP contribution in [0.15, 0.2) is 0 Å². The van der Waals surface area contributed by atoms with Crippen molar-refractivity contribution in [2.24, 2.45) is 5.92 Å². The van der Waals surface area contributed by atoms with E-state index in [1.807, 2.05) is 0 Å². The zero-order chi connectivity index (χ0) is 9.68. The molecular weight excluding hydrogens is 169 g/mol. The number of aliphatic carboxylic acids is 1. The third-order valence-electron chi connectivity index (χ3n) is 2.52. The van der Waals surface area contributed by atoms with Gasteiger partial charge in [0.25, 0.3) is 7.48 Å². The van der Waals surface area contributed by atoms with Crippen LogP contribution in [-0.4, -0.2) is 36.2 Å². The Morgan fingerprint density at radius 1 is 1.62 bits per heavy atom. The largest absolute Gasteiger partial charge is 0.480 e. The summed E-state index contributed by atoms with van der Waals surface area (Å²) >= 11 is 0. The first-order valence-electron chi connectivity index (χ1n) is 4.67. The molecule has 0 aromatic rings. The van der Waals surface area contributed by atoms with Gasteiger partial charge < -0.3 is 15.4 Å². The fourth-order valence-electron chi connectivity index (χ4n) is 1.83. The lowest BCUT2D eigenvalue weighted by Crippen LogP contribution is -2.35. The molecule has 5 heteroatoms. The quantitative estimate of drug-likeness (QED) is 0.410. The molecule has 2 atom stereocenters. The predicted molar refractivity (Wildman–Crippen MR) is 49.5 cm³/mol. The van der Waals surface area contributed by atoms with E-state index in [1.54, 1.807) is 0 Å². The molecule has 1 rings (SSSR count). The van der Waals surface area contributed by atoms with Crippen molar-refractivity contribution in [3.8, 4) is 0 Å². The van der Waals surface area contributed by atoms with E-state index in [2.05, 4.69) is 5.32 Å². The van der Waals surface area contributed by atoms with E-state index in [-0.39, 0.29) is 12.0 Å². The Hall–Kier alpha value is -0.545. The maximum atomic E-state index is 10.7. The van der Waals surface area contributed by atoms with E-state index in [0.717, 1.165) is 33.3 Å². The van der Waals surface area contributed by atoms with Crippen molar-refractivity contribution >= 4 is 13.5 Å². The van der Waals surface area contributed by atoms with Crippen LogP contribution in [0.5, 0.6) is 0 Å². The van der Waals surface area contributed by atoms with Crippen LogP contribution in [0.3, 0.4) is 0 Å². The molecule has 1 unspecified atom stereocenters. The Morgan fingerprint density at radius 3 is 3.00 bits per heavy atom. The highest BCUT2D eigenvalue weighted by Crippen LogP contribution is 2.21. The first-order valence-corrected chi connectivity index (χ1v) is 4.67. The van der Waals surface area contributed by atoms with E-state index in [9.17, 15) is 4.79 Å². The molecule has 0 saturated carbocycles. The van der Waals surface area contributed by atoms with Crippen molar-refractivity contribution in [3.63, 3.8) is 0 Å². The van der Waals surface area contributed by atoms with Gasteiger partial charge in [-0.2, -0.15) is 0 Å². The first-order chi connectivity index (χ1) is 6.25. The minimum Gasteiger partial charge on any atom is -0.480 e. The lowest BCUT2D eigenvalue weighted by Gasteiger charge is -2.14. The monoisotopic (exact) mass is 184 g/mol. The minimum atomic E-state index is -0.754.